The Morgan fingerprint density at radius 3 is 2.66 bits per heavy atom. The third-order valence-corrected chi connectivity index (χ3v) is 7.60. The first kappa shape index (κ1) is 20.8. The maximum atomic E-state index is 14.3. The van der Waals surface area contributed by atoms with Gasteiger partial charge in [-0.05, 0) is 68.9 Å². The van der Waals surface area contributed by atoms with Crippen molar-refractivity contribution >= 4 is 13.0 Å². The van der Waals surface area contributed by atoms with Crippen LogP contribution in [0.25, 0.3) is 0 Å². The molecule has 0 spiro atoms. The highest BCUT2D eigenvalue weighted by molar-refractivity contribution is 6.48. The summed E-state index contributed by atoms with van der Waals surface area (Å²) in [5.41, 5.74) is 5.30. The number of halogens is 1. The highest BCUT2D eigenvalue weighted by Gasteiger charge is 2.68. The van der Waals surface area contributed by atoms with Gasteiger partial charge in [0.05, 0.1) is 23.2 Å². The molecule has 4 aliphatic rings. The van der Waals surface area contributed by atoms with E-state index in [2.05, 4.69) is 26.1 Å². The third kappa shape index (κ3) is 3.41. The van der Waals surface area contributed by atoms with Crippen LogP contribution < -0.4 is 11.1 Å². The first-order valence-electron chi connectivity index (χ1n) is 10.6. The Labute approximate surface area is 173 Å². The number of nitrogens with one attached hydrogen (secondary N) is 1. The van der Waals surface area contributed by atoms with E-state index in [-0.39, 0.29) is 35.3 Å². The topological polar surface area (TPSA) is 73.6 Å². The first-order valence-corrected chi connectivity index (χ1v) is 10.6. The van der Waals surface area contributed by atoms with Gasteiger partial charge in [0.25, 0.3) is 0 Å². The summed E-state index contributed by atoms with van der Waals surface area (Å²) in [5.74, 6) is -0.0838. The van der Waals surface area contributed by atoms with Gasteiger partial charge in [0.15, 0.2) is 0 Å². The minimum absolute atomic E-state index is 0.00446. The predicted molar refractivity (Wildman–Crippen MR) is 110 cm³/mol. The van der Waals surface area contributed by atoms with Gasteiger partial charge in [-0.2, -0.15) is 0 Å². The summed E-state index contributed by atoms with van der Waals surface area (Å²) in [7, 11) is -0.633. The molecule has 3 saturated carbocycles. The second-order valence-electron chi connectivity index (χ2n) is 10.4. The average molecular weight is 402 g/mol. The molecule has 1 aromatic carbocycles. The van der Waals surface area contributed by atoms with Gasteiger partial charge in [0, 0.05) is 0 Å². The van der Waals surface area contributed by atoms with Crippen molar-refractivity contribution < 1.29 is 18.5 Å². The zero-order chi connectivity index (χ0) is 21.2. The van der Waals surface area contributed by atoms with Gasteiger partial charge in [-0.3, -0.25) is 4.79 Å². The standard InChI is InChI=1S/C22H32BFN2O3/c1-20(2)14-11-16(20)22(5)17(12-14)28-23(29-22)18(26-19(27)21(3,4)25)10-13-8-6-7-9-15(13)24/h6-9,14,16-18H,10-12,25H2,1-5H3,(H,26,27)/t14?,16?,17?,18-,22?/m0/s1. The molecule has 1 amide bonds. The fourth-order valence-corrected chi connectivity index (χ4v) is 5.54. The second kappa shape index (κ2) is 6.79. The Balaban J connectivity index is 1.58. The van der Waals surface area contributed by atoms with Gasteiger partial charge < -0.3 is 20.4 Å². The van der Waals surface area contributed by atoms with Gasteiger partial charge in [-0.15, -0.1) is 0 Å². The Bertz CT molecular complexity index is 811. The summed E-state index contributed by atoms with van der Waals surface area (Å²) in [4.78, 5) is 12.6. The zero-order valence-corrected chi connectivity index (χ0v) is 18.0. The summed E-state index contributed by atoms with van der Waals surface area (Å²) in [6.07, 6.45) is 2.38. The number of rotatable bonds is 5. The normalized spacial score (nSPS) is 33.6. The minimum atomic E-state index is -1.05. The summed E-state index contributed by atoms with van der Waals surface area (Å²) in [6, 6.07) is 6.60. The molecular formula is C22H32BFN2O3. The molecule has 3 aliphatic carbocycles. The molecule has 3 N–H and O–H groups in total. The number of nitrogens with two attached hydrogens (primary N) is 1. The molecule has 5 rings (SSSR count). The molecule has 0 radical (unpaired) electrons. The fourth-order valence-electron chi connectivity index (χ4n) is 5.54. The van der Waals surface area contributed by atoms with Crippen molar-refractivity contribution in [1.29, 1.82) is 0 Å². The van der Waals surface area contributed by atoms with Crippen LogP contribution in [-0.2, 0) is 20.5 Å². The zero-order valence-electron chi connectivity index (χ0n) is 18.0. The van der Waals surface area contributed by atoms with E-state index in [1.807, 2.05) is 0 Å². The molecule has 1 aromatic rings. The molecule has 0 aromatic heterocycles. The highest BCUT2D eigenvalue weighted by Crippen LogP contribution is 2.65. The van der Waals surface area contributed by atoms with Gasteiger partial charge in [-0.1, -0.05) is 32.0 Å². The van der Waals surface area contributed by atoms with E-state index >= 15 is 0 Å². The van der Waals surface area contributed by atoms with Crippen molar-refractivity contribution in [3.63, 3.8) is 0 Å². The van der Waals surface area contributed by atoms with Crippen LogP contribution in [0.3, 0.4) is 0 Å². The summed E-state index contributed by atoms with van der Waals surface area (Å²) >= 11 is 0. The van der Waals surface area contributed by atoms with Crippen molar-refractivity contribution in [2.24, 2.45) is 23.0 Å². The van der Waals surface area contributed by atoms with Crippen LogP contribution in [-0.4, -0.2) is 36.2 Å². The van der Waals surface area contributed by atoms with Gasteiger partial charge in [-0.25, -0.2) is 4.39 Å². The largest absolute Gasteiger partial charge is 0.482 e. The average Bonchev–Trinajstić information content (AvgIpc) is 2.98. The van der Waals surface area contributed by atoms with Gasteiger partial charge in [0.2, 0.25) is 5.91 Å². The van der Waals surface area contributed by atoms with E-state index in [0.29, 0.717) is 17.4 Å². The van der Waals surface area contributed by atoms with Crippen LogP contribution in [0.15, 0.2) is 24.3 Å². The lowest BCUT2D eigenvalue weighted by molar-refractivity contribution is -0.199. The van der Waals surface area contributed by atoms with E-state index in [4.69, 9.17) is 15.0 Å². The SMILES string of the molecule is CC(C)(N)C(=O)N[C@@H](Cc1ccccc1F)B1OC2CC3CC(C3(C)C)C2(C)O1. The van der Waals surface area contributed by atoms with Crippen LogP contribution in [0.1, 0.15) is 53.0 Å². The Morgan fingerprint density at radius 1 is 1.34 bits per heavy atom. The fraction of sp³-hybridized carbons (Fsp3) is 0.682. The molecule has 1 aliphatic heterocycles. The summed E-state index contributed by atoms with van der Waals surface area (Å²) in [6.45, 7) is 10.0. The number of hydrogen-bond acceptors (Lipinski definition) is 4. The molecular weight excluding hydrogens is 370 g/mol. The lowest BCUT2D eigenvalue weighted by atomic mass is 9.43. The van der Waals surface area contributed by atoms with Crippen LogP contribution in [0.5, 0.6) is 0 Å². The molecule has 5 nitrogen and oxygen atoms in total. The van der Waals surface area contributed by atoms with Crippen LogP contribution in [0, 0.1) is 23.1 Å². The molecule has 1 saturated heterocycles. The molecule has 5 atom stereocenters. The highest BCUT2D eigenvalue weighted by atomic mass is 19.1. The summed E-state index contributed by atoms with van der Waals surface area (Å²) < 4.78 is 27.2. The first-order chi connectivity index (χ1) is 13.4. The van der Waals surface area contributed by atoms with E-state index in [1.54, 1.807) is 32.0 Å². The monoisotopic (exact) mass is 402 g/mol. The van der Waals surface area contributed by atoms with Gasteiger partial charge >= 0.3 is 7.12 Å². The van der Waals surface area contributed by atoms with Gasteiger partial charge in [0.1, 0.15) is 5.82 Å². The molecule has 4 fully saturated rings. The number of hydrogen-bond donors (Lipinski definition) is 2. The number of carbonyl (C=O) groups excluding carboxylic acids is 1. The molecule has 4 unspecified atom stereocenters. The predicted octanol–water partition coefficient (Wildman–Crippen LogP) is 2.86. The third-order valence-electron chi connectivity index (χ3n) is 7.60. The Kier molecular flexibility index (Phi) is 4.88. The maximum absolute atomic E-state index is 14.3. The lowest BCUT2D eigenvalue weighted by Gasteiger charge is -2.64. The van der Waals surface area contributed by atoms with Crippen molar-refractivity contribution in [3.8, 4) is 0 Å². The maximum Gasteiger partial charge on any atom is 0.482 e. The van der Waals surface area contributed by atoms with Crippen molar-refractivity contribution in [2.45, 2.75) is 77.1 Å². The molecule has 158 valence electrons. The lowest BCUT2D eigenvalue weighted by Crippen LogP contribution is -2.65. The van der Waals surface area contributed by atoms with Crippen molar-refractivity contribution in [2.75, 3.05) is 0 Å². The second-order valence-corrected chi connectivity index (χ2v) is 10.4. The van der Waals surface area contributed by atoms with Crippen LogP contribution in [0.2, 0.25) is 0 Å². The van der Waals surface area contributed by atoms with Crippen molar-refractivity contribution in [3.05, 3.63) is 35.6 Å². The minimum Gasteiger partial charge on any atom is -0.404 e. The van der Waals surface area contributed by atoms with E-state index < -0.39 is 18.6 Å². The van der Waals surface area contributed by atoms with E-state index in [1.165, 1.54) is 6.07 Å². The quantitative estimate of drug-likeness (QED) is 0.743. The Morgan fingerprint density at radius 2 is 2.03 bits per heavy atom. The smallest absolute Gasteiger partial charge is 0.404 e. The molecule has 1 heterocycles. The van der Waals surface area contributed by atoms with Crippen LogP contribution in [0.4, 0.5) is 4.39 Å². The number of carbonyl (C=O) groups is 1. The van der Waals surface area contributed by atoms with Crippen LogP contribution >= 0.6 is 0 Å². The molecule has 7 heteroatoms. The van der Waals surface area contributed by atoms with E-state index in [0.717, 1.165) is 12.8 Å². The molecule has 2 bridgehead atoms. The Hall–Kier alpha value is -1.44. The molecule has 29 heavy (non-hydrogen) atoms. The number of benzene rings is 1. The van der Waals surface area contributed by atoms with Crippen molar-refractivity contribution in [1.82, 2.24) is 5.32 Å². The summed E-state index contributed by atoms with van der Waals surface area (Å²) in [5, 5.41) is 2.97. The number of amides is 1. The van der Waals surface area contributed by atoms with E-state index in [9.17, 15) is 9.18 Å².